The van der Waals surface area contributed by atoms with Crippen LogP contribution in [0, 0.1) is 13.8 Å². The van der Waals surface area contributed by atoms with Gasteiger partial charge >= 0.3 is 5.97 Å². The first-order valence-corrected chi connectivity index (χ1v) is 6.56. The van der Waals surface area contributed by atoms with Crippen LogP contribution in [-0.4, -0.2) is 36.2 Å². The second-order valence-corrected chi connectivity index (χ2v) is 5.36. The van der Waals surface area contributed by atoms with Crippen LogP contribution in [0.5, 0.6) is 0 Å². The number of hydrogen-bond donors (Lipinski definition) is 3. The summed E-state index contributed by atoms with van der Waals surface area (Å²) in [5.74, 6) is -0.945. The first kappa shape index (κ1) is 13.7. The molecule has 3 N–H and O–H groups in total. The second kappa shape index (κ2) is 5.28. The van der Waals surface area contributed by atoms with Crippen LogP contribution in [0.3, 0.4) is 0 Å². The normalized spacial score (nSPS) is 11.6. The van der Waals surface area contributed by atoms with Gasteiger partial charge in [-0.1, -0.05) is 0 Å². The van der Waals surface area contributed by atoms with E-state index in [1.54, 1.807) is 13.8 Å². The Kier molecular flexibility index (Phi) is 4.24. The zero-order valence-corrected chi connectivity index (χ0v) is 10.5. The van der Waals surface area contributed by atoms with Crippen LogP contribution < -0.4 is 4.72 Å². The third-order valence-corrected chi connectivity index (χ3v) is 3.91. The Morgan fingerprint density at radius 2 is 2.12 bits per heavy atom. The molecule has 1 rings (SSSR count). The fourth-order valence-corrected chi connectivity index (χ4v) is 2.90. The Morgan fingerprint density at radius 1 is 1.47 bits per heavy atom. The van der Waals surface area contributed by atoms with Crippen molar-refractivity contribution < 1.29 is 18.3 Å². The Morgan fingerprint density at radius 3 is 2.59 bits per heavy atom. The minimum atomic E-state index is -3.61. The van der Waals surface area contributed by atoms with Gasteiger partial charge in [-0.15, -0.1) is 0 Å². The maximum absolute atomic E-state index is 11.9. The fraction of sp³-hybridized carbons (Fsp3) is 0.556. The molecule has 0 aliphatic rings. The minimum absolute atomic E-state index is 0.0636. The molecule has 0 amide bonds. The predicted molar refractivity (Wildman–Crippen MR) is 60.1 cm³/mol. The number of rotatable bonds is 6. The molecule has 0 saturated heterocycles. The smallest absolute Gasteiger partial charge is 0.303 e. The first-order chi connectivity index (χ1) is 7.84. The average Bonchev–Trinajstić information content (AvgIpc) is 2.53. The molecule has 0 aliphatic heterocycles. The van der Waals surface area contributed by atoms with E-state index in [0.29, 0.717) is 11.4 Å². The van der Waals surface area contributed by atoms with Crippen LogP contribution in [0.15, 0.2) is 4.90 Å². The third-order valence-electron chi connectivity index (χ3n) is 2.19. The minimum Gasteiger partial charge on any atom is -0.481 e. The number of nitrogens with zero attached hydrogens (tertiary/aromatic N) is 1. The highest BCUT2D eigenvalue weighted by atomic mass is 32.2. The van der Waals surface area contributed by atoms with Gasteiger partial charge in [-0.2, -0.15) is 5.10 Å². The van der Waals surface area contributed by atoms with Crippen LogP contribution in [0.4, 0.5) is 0 Å². The highest BCUT2D eigenvalue weighted by molar-refractivity contribution is 7.89. The van der Waals surface area contributed by atoms with E-state index in [4.69, 9.17) is 5.11 Å². The van der Waals surface area contributed by atoms with Crippen molar-refractivity contribution >= 4 is 16.0 Å². The number of carboxylic acid groups (broad SMARTS) is 1. The molecule has 1 aromatic rings. The summed E-state index contributed by atoms with van der Waals surface area (Å²) >= 11 is 0. The molecule has 1 heterocycles. The summed E-state index contributed by atoms with van der Waals surface area (Å²) in [5, 5.41) is 14.8. The zero-order chi connectivity index (χ0) is 13.1. The molecule has 1 aromatic heterocycles. The molecule has 8 heteroatoms. The summed E-state index contributed by atoms with van der Waals surface area (Å²) in [4.78, 5) is 10.4. The van der Waals surface area contributed by atoms with Gasteiger partial charge in [0.05, 0.1) is 11.4 Å². The number of aliphatic carboxylic acids is 1. The third kappa shape index (κ3) is 3.53. The zero-order valence-electron chi connectivity index (χ0n) is 9.65. The van der Waals surface area contributed by atoms with Crippen molar-refractivity contribution in [3.05, 3.63) is 11.4 Å². The first-order valence-electron chi connectivity index (χ1n) is 5.07. The number of aromatic amines is 1. The highest BCUT2D eigenvalue weighted by Gasteiger charge is 2.21. The summed E-state index contributed by atoms with van der Waals surface area (Å²) in [7, 11) is -3.61. The molecule has 0 fully saturated rings. The Balaban J connectivity index is 2.67. The summed E-state index contributed by atoms with van der Waals surface area (Å²) in [5.41, 5.74) is 0.862. The number of nitrogens with one attached hydrogen (secondary N) is 2. The van der Waals surface area contributed by atoms with E-state index >= 15 is 0 Å². The molecule has 7 nitrogen and oxygen atoms in total. The number of carbonyl (C=O) groups is 1. The van der Waals surface area contributed by atoms with Gasteiger partial charge in [0.2, 0.25) is 10.0 Å². The molecule has 0 aliphatic carbocycles. The summed E-state index contributed by atoms with van der Waals surface area (Å²) < 4.78 is 26.1. The lowest BCUT2D eigenvalue weighted by atomic mass is 10.3. The SMILES string of the molecule is Cc1n[nH]c(C)c1S(=O)(=O)NCCCC(=O)O. The molecule has 0 aromatic carbocycles. The lowest BCUT2D eigenvalue weighted by molar-refractivity contribution is -0.137. The van der Waals surface area contributed by atoms with Gasteiger partial charge in [0, 0.05) is 13.0 Å². The number of carboxylic acids is 1. The van der Waals surface area contributed by atoms with E-state index < -0.39 is 16.0 Å². The average molecular weight is 261 g/mol. The van der Waals surface area contributed by atoms with Gasteiger partial charge in [-0.05, 0) is 20.3 Å². The van der Waals surface area contributed by atoms with Gasteiger partial charge in [0.15, 0.2) is 0 Å². The molecular weight excluding hydrogens is 246 g/mol. The Hall–Kier alpha value is -1.41. The largest absolute Gasteiger partial charge is 0.481 e. The van der Waals surface area contributed by atoms with Gasteiger partial charge in [-0.3, -0.25) is 9.89 Å². The van der Waals surface area contributed by atoms with Crippen molar-refractivity contribution in [1.82, 2.24) is 14.9 Å². The van der Waals surface area contributed by atoms with Crippen molar-refractivity contribution in [3.63, 3.8) is 0 Å². The molecule has 0 atom stereocenters. The van der Waals surface area contributed by atoms with Crippen molar-refractivity contribution in [2.45, 2.75) is 31.6 Å². The van der Waals surface area contributed by atoms with Crippen LogP contribution >= 0.6 is 0 Å². The Bertz CT molecular complexity index is 487. The maximum Gasteiger partial charge on any atom is 0.303 e. The Labute approximate surface area is 99.3 Å². The van der Waals surface area contributed by atoms with E-state index in [-0.39, 0.29) is 24.3 Å². The summed E-state index contributed by atoms with van der Waals surface area (Å²) in [6.07, 6.45) is 0.191. The van der Waals surface area contributed by atoms with Crippen LogP contribution in [0.25, 0.3) is 0 Å². The molecule has 96 valence electrons. The molecule has 0 unspecified atom stereocenters. The highest BCUT2D eigenvalue weighted by Crippen LogP contribution is 2.15. The quantitative estimate of drug-likeness (QED) is 0.632. The monoisotopic (exact) mass is 261 g/mol. The van der Waals surface area contributed by atoms with E-state index in [9.17, 15) is 13.2 Å². The summed E-state index contributed by atoms with van der Waals surface area (Å²) in [6.45, 7) is 3.31. The molecular formula is C9H15N3O4S. The van der Waals surface area contributed by atoms with E-state index in [1.165, 1.54) is 0 Å². The summed E-state index contributed by atoms with van der Waals surface area (Å²) in [6, 6.07) is 0. The van der Waals surface area contributed by atoms with Crippen molar-refractivity contribution in [2.75, 3.05) is 6.54 Å². The molecule has 0 spiro atoms. The lowest BCUT2D eigenvalue weighted by Crippen LogP contribution is -2.26. The number of H-pyrrole nitrogens is 1. The van der Waals surface area contributed by atoms with Crippen LogP contribution in [-0.2, 0) is 14.8 Å². The number of aromatic nitrogens is 2. The predicted octanol–water partition coefficient (Wildman–Crippen LogP) is 0.170. The molecule has 17 heavy (non-hydrogen) atoms. The standard InChI is InChI=1S/C9H15N3O4S/c1-6-9(7(2)12-11-6)17(15,16)10-5-3-4-8(13)14/h10H,3-5H2,1-2H3,(H,11,12)(H,13,14). The van der Waals surface area contributed by atoms with Gasteiger partial charge in [0.25, 0.3) is 0 Å². The van der Waals surface area contributed by atoms with Gasteiger partial charge in [-0.25, -0.2) is 13.1 Å². The topological polar surface area (TPSA) is 112 Å². The lowest BCUT2D eigenvalue weighted by Gasteiger charge is -2.05. The van der Waals surface area contributed by atoms with Crippen LogP contribution in [0.1, 0.15) is 24.2 Å². The van der Waals surface area contributed by atoms with E-state index in [2.05, 4.69) is 14.9 Å². The van der Waals surface area contributed by atoms with Crippen molar-refractivity contribution in [3.8, 4) is 0 Å². The van der Waals surface area contributed by atoms with Gasteiger partial charge < -0.3 is 5.11 Å². The fourth-order valence-electron chi connectivity index (χ4n) is 1.45. The maximum atomic E-state index is 11.9. The van der Waals surface area contributed by atoms with Crippen molar-refractivity contribution in [2.24, 2.45) is 0 Å². The number of sulfonamides is 1. The number of hydrogen-bond acceptors (Lipinski definition) is 4. The van der Waals surface area contributed by atoms with Crippen molar-refractivity contribution in [1.29, 1.82) is 0 Å². The van der Waals surface area contributed by atoms with E-state index in [0.717, 1.165) is 0 Å². The second-order valence-electron chi connectivity index (χ2n) is 3.66. The molecule has 0 radical (unpaired) electrons. The van der Waals surface area contributed by atoms with E-state index in [1.807, 2.05) is 0 Å². The number of aryl methyl sites for hydroxylation is 2. The van der Waals surface area contributed by atoms with Crippen LogP contribution in [0.2, 0.25) is 0 Å². The molecule has 0 saturated carbocycles. The van der Waals surface area contributed by atoms with Gasteiger partial charge in [0.1, 0.15) is 4.90 Å². The molecule has 0 bridgehead atoms.